The van der Waals surface area contributed by atoms with E-state index in [0.717, 1.165) is 5.56 Å². The van der Waals surface area contributed by atoms with E-state index >= 15 is 0 Å². The van der Waals surface area contributed by atoms with Crippen LogP contribution in [0.25, 0.3) is 0 Å². The van der Waals surface area contributed by atoms with Crippen LogP contribution in [0.15, 0.2) is 30.7 Å². The van der Waals surface area contributed by atoms with Gasteiger partial charge in [0.1, 0.15) is 17.6 Å². The van der Waals surface area contributed by atoms with Gasteiger partial charge in [0.25, 0.3) is 0 Å². The molecule has 1 aliphatic heterocycles. The molecule has 0 unspecified atom stereocenters. The lowest BCUT2D eigenvalue weighted by atomic mass is 10.1. The Bertz CT molecular complexity index is 599. The number of carbonyl (C=O) groups is 1. The summed E-state index contributed by atoms with van der Waals surface area (Å²) in [5.74, 6) is 5.87. The topological polar surface area (TPSA) is 71.0 Å². The molecule has 0 fully saturated rings. The summed E-state index contributed by atoms with van der Waals surface area (Å²) in [4.78, 5) is 16.2. The predicted molar refractivity (Wildman–Crippen MR) is 79.1 cm³/mol. The first-order valence-electron chi connectivity index (χ1n) is 6.08. The third-order valence-electron chi connectivity index (χ3n) is 2.59. The third kappa shape index (κ3) is 4.08. The lowest BCUT2D eigenvalue weighted by Gasteiger charge is -2.10. The zero-order valence-electron chi connectivity index (χ0n) is 11.3. The molecule has 1 aromatic rings. The Labute approximate surface area is 126 Å². The van der Waals surface area contributed by atoms with Gasteiger partial charge in [0, 0.05) is 16.6 Å². The highest BCUT2D eigenvalue weighted by Crippen LogP contribution is 2.24. The highest BCUT2D eigenvalue weighted by molar-refractivity contribution is 7.97. The van der Waals surface area contributed by atoms with Crippen LogP contribution in [0.1, 0.15) is 15.9 Å². The number of hydrogen-bond acceptors (Lipinski definition) is 6. The number of rotatable bonds is 5. The number of hydrazine groups is 1. The van der Waals surface area contributed by atoms with E-state index in [0.29, 0.717) is 17.9 Å². The van der Waals surface area contributed by atoms with E-state index in [-0.39, 0.29) is 5.56 Å². The first-order chi connectivity index (χ1) is 10.2. The van der Waals surface area contributed by atoms with Gasteiger partial charge in [-0.15, -0.1) is 0 Å². The van der Waals surface area contributed by atoms with Crippen molar-refractivity contribution in [3.8, 4) is 17.6 Å². The van der Waals surface area contributed by atoms with Crippen LogP contribution in [0.4, 0.5) is 0 Å². The van der Waals surface area contributed by atoms with E-state index in [2.05, 4.69) is 17.3 Å². The molecule has 6 nitrogen and oxygen atoms in total. The highest BCUT2D eigenvalue weighted by atomic mass is 32.2. The molecule has 0 saturated carbocycles. The number of nitrogens with one attached hydrogen (secondary N) is 1. The Balaban J connectivity index is 1.93. The largest absolute Gasteiger partial charge is 0.496 e. The SMILES string of the molecule is COc1c(CC#CCSN2NC=CO2)cccc1C(=O)O. The highest BCUT2D eigenvalue weighted by Gasteiger charge is 2.13. The molecule has 1 heterocycles. The van der Waals surface area contributed by atoms with Crippen molar-refractivity contribution in [1.29, 1.82) is 0 Å². The summed E-state index contributed by atoms with van der Waals surface area (Å²) in [7, 11) is 1.46. The van der Waals surface area contributed by atoms with Crippen LogP contribution < -0.4 is 10.2 Å². The lowest BCUT2D eigenvalue weighted by molar-refractivity contribution is -0.00803. The summed E-state index contributed by atoms with van der Waals surface area (Å²) in [6.07, 6.45) is 3.63. The molecule has 2 rings (SSSR count). The molecule has 0 radical (unpaired) electrons. The van der Waals surface area contributed by atoms with Crippen molar-refractivity contribution in [2.45, 2.75) is 6.42 Å². The molecule has 21 heavy (non-hydrogen) atoms. The molecule has 1 aliphatic rings. The maximum atomic E-state index is 11.1. The van der Waals surface area contributed by atoms with Crippen LogP contribution in [0.2, 0.25) is 0 Å². The number of para-hydroxylation sites is 1. The van der Waals surface area contributed by atoms with E-state index in [9.17, 15) is 4.79 Å². The molecule has 0 saturated heterocycles. The number of carboxylic acids is 1. The van der Waals surface area contributed by atoms with Crippen molar-refractivity contribution >= 4 is 17.9 Å². The van der Waals surface area contributed by atoms with Gasteiger partial charge in [0.05, 0.1) is 19.1 Å². The maximum absolute atomic E-state index is 11.1. The molecule has 0 aliphatic carbocycles. The molecular formula is C14H14N2O4S. The normalized spacial score (nSPS) is 13.0. The van der Waals surface area contributed by atoms with E-state index < -0.39 is 5.97 Å². The second kappa shape index (κ2) is 7.47. The second-order valence-electron chi connectivity index (χ2n) is 3.90. The van der Waals surface area contributed by atoms with E-state index in [1.807, 2.05) is 6.07 Å². The van der Waals surface area contributed by atoms with Gasteiger partial charge in [0.15, 0.2) is 0 Å². The Morgan fingerprint density at radius 2 is 2.38 bits per heavy atom. The molecule has 2 N–H and O–H groups in total. The monoisotopic (exact) mass is 306 g/mol. The van der Waals surface area contributed by atoms with Gasteiger partial charge in [-0.1, -0.05) is 24.0 Å². The molecule has 110 valence electrons. The number of carboxylic acid groups (broad SMARTS) is 1. The molecule has 1 aromatic carbocycles. The Hall–Kier alpha value is -2.30. The Kier molecular flexibility index (Phi) is 5.37. The minimum Gasteiger partial charge on any atom is -0.496 e. The number of nitrogens with zero attached hydrogens (tertiary/aromatic N) is 1. The van der Waals surface area contributed by atoms with E-state index in [1.165, 1.54) is 36.0 Å². The minimum atomic E-state index is -1.01. The molecular weight excluding hydrogens is 292 g/mol. The van der Waals surface area contributed by atoms with E-state index in [1.54, 1.807) is 12.3 Å². The fourth-order valence-corrected chi connectivity index (χ4v) is 2.24. The van der Waals surface area contributed by atoms with Crippen molar-refractivity contribution in [3.05, 3.63) is 41.8 Å². The molecule has 0 bridgehead atoms. The predicted octanol–water partition coefficient (Wildman–Crippen LogP) is 1.81. The molecule has 0 atom stereocenters. The van der Waals surface area contributed by atoms with Crippen molar-refractivity contribution < 1.29 is 19.5 Å². The van der Waals surface area contributed by atoms with Crippen LogP contribution in [0.3, 0.4) is 0 Å². The second-order valence-corrected chi connectivity index (χ2v) is 4.78. The van der Waals surface area contributed by atoms with Crippen molar-refractivity contribution in [1.82, 2.24) is 10.0 Å². The summed E-state index contributed by atoms with van der Waals surface area (Å²) >= 11 is 1.38. The standard InChI is InChI=1S/C14H14N2O4S/c1-19-13-11(6-4-7-12(13)14(17)18)5-2-3-10-21-16-15-8-9-20-16/h4,6-9,15H,5,10H2,1H3,(H,17,18). The quantitative estimate of drug-likeness (QED) is 0.635. The number of aromatic carboxylic acids is 1. The number of benzene rings is 1. The van der Waals surface area contributed by atoms with Gasteiger partial charge in [-0.25, -0.2) is 4.79 Å². The number of ether oxygens (including phenoxy) is 1. The summed E-state index contributed by atoms with van der Waals surface area (Å²) in [6.45, 7) is 0. The molecule has 0 amide bonds. The van der Waals surface area contributed by atoms with Gasteiger partial charge in [-0.05, 0) is 18.0 Å². The zero-order chi connectivity index (χ0) is 15.1. The maximum Gasteiger partial charge on any atom is 0.339 e. The molecule has 0 aromatic heterocycles. The third-order valence-corrected chi connectivity index (χ3v) is 3.29. The van der Waals surface area contributed by atoms with Crippen LogP contribution in [0.5, 0.6) is 5.75 Å². The Morgan fingerprint density at radius 1 is 1.52 bits per heavy atom. The van der Waals surface area contributed by atoms with Gasteiger partial charge in [-0.2, -0.15) is 0 Å². The van der Waals surface area contributed by atoms with Crippen LogP contribution in [-0.2, 0) is 11.3 Å². The van der Waals surface area contributed by atoms with E-state index in [4.69, 9.17) is 14.7 Å². The first kappa shape index (κ1) is 15.1. The van der Waals surface area contributed by atoms with Gasteiger partial charge in [0.2, 0.25) is 0 Å². The van der Waals surface area contributed by atoms with Crippen molar-refractivity contribution in [2.75, 3.05) is 12.9 Å². The zero-order valence-corrected chi connectivity index (χ0v) is 12.1. The molecule has 0 spiro atoms. The summed E-state index contributed by atoms with van der Waals surface area (Å²) < 4.78 is 6.66. The van der Waals surface area contributed by atoms with Gasteiger partial charge < -0.3 is 14.7 Å². The van der Waals surface area contributed by atoms with Crippen LogP contribution in [0, 0.1) is 11.8 Å². The fraction of sp³-hybridized carbons (Fsp3) is 0.214. The van der Waals surface area contributed by atoms with Crippen LogP contribution in [-0.4, -0.2) is 28.5 Å². The number of methoxy groups -OCH3 is 1. The first-order valence-corrected chi connectivity index (χ1v) is 7.02. The summed E-state index contributed by atoms with van der Waals surface area (Å²) in [6, 6.07) is 5.00. The van der Waals surface area contributed by atoms with Crippen molar-refractivity contribution in [3.63, 3.8) is 0 Å². The fourth-order valence-electron chi connectivity index (χ4n) is 1.71. The van der Waals surface area contributed by atoms with Crippen LogP contribution >= 0.6 is 11.9 Å². The number of hydrogen-bond donors (Lipinski definition) is 2. The van der Waals surface area contributed by atoms with Crippen molar-refractivity contribution in [2.24, 2.45) is 0 Å². The molecule has 7 heteroatoms. The smallest absolute Gasteiger partial charge is 0.339 e. The lowest BCUT2D eigenvalue weighted by Crippen LogP contribution is -2.20. The average Bonchev–Trinajstić information content (AvgIpc) is 2.99. The summed E-state index contributed by atoms with van der Waals surface area (Å²) in [5, 5.41) is 9.10. The Morgan fingerprint density at radius 3 is 3.05 bits per heavy atom. The minimum absolute atomic E-state index is 0.145. The summed E-state index contributed by atoms with van der Waals surface area (Å²) in [5.41, 5.74) is 3.75. The van der Waals surface area contributed by atoms with Gasteiger partial charge in [-0.3, -0.25) is 5.43 Å². The average molecular weight is 306 g/mol. The van der Waals surface area contributed by atoms with Gasteiger partial charge >= 0.3 is 5.97 Å².